The van der Waals surface area contributed by atoms with Gasteiger partial charge in [0.1, 0.15) is 18.1 Å². The van der Waals surface area contributed by atoms with Crippen molar-refractivity contribution >= 4 is 5.91 Å². The van der Waals surface area contributed by atoms with E-state index in [0.717, 1.165) is 24.6 Å². The first-order chi connectivity index (χ1) is 12.7. The van der Waals surface area contributed by atoms with Gasteiger partial charge in [0.25, 0.3) is 0 Å². The van der Waals surface area contributed by atoms with E-state index in [1.165, 1.54) is 32.4 Å². The second-order valence-electron chi connectivity index (χ2n) is 7.02. The van der Waals surface area contributed by atoms with Crippen molar-refractivity contribution < 1.29 is 14.3 Å². The Morgan fingerprint density at radius 2 is 1.81 bits per heavy atom. The summed E-state index contributed by atoms with van der Waals surface area (Å²) >= 11 is 0. The lowest BCUT2D eigenvalue weighted by Crippen LogP contribution is -2.40. The number of hydrogen-bond donors (Lipinski definition) is 1. The van der Waals surface area contributed by atoms with E-state index in [-0.39, 0.29) is 5.91 Å². The standard InChI is InChI=1S/C20H31N3O3/c1-2-25-18-5-7-19(8-6-18)26-14-10-21-20(24)16-22-13-9-17(15-22)23-11-3-4-12-23/h5-8,17H,2-4,9-16H2,1H3,(H,21,24). The van der Waals surface area contributed by atoms with E-state index in [1.54, 1.807) is 0 Å². The van der Waals surface area contributed by atoms with E-state index in [4.69, 9.17) is 9.47 Å². The summed E-state index contributed by atoms with van der Waals surface area (Å²) in [6.07, 6.45) is 3.84. The van der Waals surface area contributed by atoms with E-state index < -0.39 is 0 Å². The van der Waals surface area contributed by atoms with Crippen molar-refractivity contribution in [3.63, 3.8) is 0 Å². The van der Waals surface area contributed by atoms with Crippen LogP contribution < -0.4 is 14.8 Å². The first kappa shape index (κ1) is 19.0. The van der Waals surface area contributed by atoms with Gasteiger partial charge in [0, 0.05) is 19.1 Å². The van der Waals surface area contributed by atoms with Gasteiger partial charge in [0.2, 0.25) is 5.91 Å². The first-order valence-electron chi connectivity index (χ1n) is 9.83. The van der Waals surface area contributed by atoms with E-state index in [0.29, 0.717) is 32.3 Å². The van der Waals surface area contributed by atoms with Crippen molar-refractivity contribution in [3.05, 3.63) is 24.3 Å². The third-order valence-corrected chi connectivity index (χ3v) is 5.10. The summed E-state index contributed by atoms with van der Waals surface area (Å²) in [4.78, 5) is 17.0. The Hall–Kier alpha value is -1.79. The van der Waals surface area contributed by atoms with Crippen LogP contribution in [0.4, 0.5) is 0 Å². The Bertz CT molecular complexity index is 558. The topological polar surface area (TPSA) is 54.0 Å². The zero-order valence-corrected chi connectivity index (χ0v) is 15.8. The summed E-state index contributed by atoms with van der Waals surface area (Å²) in [5.74, 6) is 1.71. The Kier molecular flexibility index (Phi) is 7.14. The Morgan fingerprint density at radius 1 is 1.12 bits per heavy atom. The molecule has 6 heteroatoms. The SMILES string of the molecule is CCOc1ccc(OCCNC(=O)CN2CCC(N3CCCC3)C2)cc1. The lowest BCUT2D eigenvalue weighted by atomic mass is 10.2. The predicted octanol–water partition coefficient (Wildman–Crippen LogP) is 1.75. The maximum absolute atomic E-state index is 12.1. The fourth-order valence-corrected chi connectivity index (χ4v) is 3.78. The van der Waals surface area contributed by atoms with Gasteiger partial charge in [-0.25, -0.2) is 0 Å². The summed E-state index contributed by atoms with van der Waals surface area (Å²) < 4.78 is 11.1. The smallest absolute Gasteiger partial charge is 0.234 e. The molecule has 1 atom stereocenters. The molecule has 1 aromatic carbocycles. The van der Waals surface area contributed by atoms with Gasteiger partial charge in [-0.2, -0.15) is 0 Å². The van der Waals surface area contributed by atoms with Crippen LogP contribution in [0.3, 0.4) is 0 Å². The number of ether oxygens (including phenoxy) is 2. The quantitative estimate of drug-likeness (QED) is 0.679. The molecule has 2 aliphatic heterocycles. The van der Waals surface area contributed by atoms with Gasteiger partial charge in [-0.15, -0.1) is 0 Å². The summed E-state index contributed by atoms with van der Waals surface area (Å²) in [6, 6.07) is 8.20. The third kappa shape index (κ3) is 5.61. The molecule has 144 valence electrons. The van der Waals surface area contributed by atoms with Gasteiger partial charge in [-0.05, 0) is 63.5 Å². The molecule has 2 saturated heterocycles. The highest BCUT2D eigenvalue weighted by molar-refractivity contribution is 5.78. The van der Waals surface area contributed by atoms with Crippen LogP contribution in [0, 0.1) is 0 Å². The third-order valence-electron chi connectivity index (χ3n) is 5.10. The predicted molar refractivity (Wildman–Crippen MR) is 102 cm³/mol. The molecule has 2 heterocycles. The molecular weight excluding hydrogens is 330 g/mol. The fraction of sp³-hybridized carbons (Fsp3) is 0.650. The van der Waals surface area contributed by atoms with Gasteiger partial charge in [-0.3, -0.25) is 14.6 Å². The highest BCUT2D eigenvalue weighted by Gasteiger charge is 2.29. The molecule has 0 radical (unpaired) electrons. The maximum atomic E-state index is 12.1. The van der Waals surface area contributed by atoms with Crippen LogP contribution >= 0.6 is 0 Å². The molecule has 0 spiro atoms. The first-order valence-corrected chi connectivity index (χ1v) is 9.83. The molecule has 0 aromatic heterocycles. The lowest BCUT2D eigenvalue weighted by Gasteiger charge is -2.23. The normalized spacial score (nSPS) is 21.0. The summed E-state index contributed by atoms with van der Waals surface area (Å²) in [5.41, 5.74) is 0. The zero-order chi connectivity index (χ0) is 18.2. The minimum absolute atomic E-state index is 0.0855. The van der Waals surface area contributed by atoms with Crippen molar-refractivity contribution in [2.45, 2.75) is 32.2 Å². The van der Waals surface area contributed by atoms with Crippen LogP contribution in [-0.2, 0) is 4.79 Å². The second-order valence-corrected chi connectivity index (χ2v) is 7.02. The van der Waals surface area contributed by atoms with Crippen LogP contribution in [0.2, 0.25) is 0 Å². The molecule has 2 aliphatic rings. The number of nitrogens with zero attached hydrogens (tertiary/aromatic N) is 2. The van der Waals surface area contributed by atoms with E-state index >= 15 is 0 Å². The average molecular weight is 361 g/mol. The summed E-state index contributed by atoms with van der Waals surface area (Å²) in [5, 5.41) is 2.95. The molecule has 3 rings (SSSR count). The van der Waals surface area contributed by atoms with Crippen LogP contribution in [0.15, 0.2) is 24.3 Å². The van der Waals surface area contributed by atoms with Crippen LogP contribution in [0.1, 0.15) is 26.2 Å². The molecule has 0 bridgehead atoms. The maximum Gasteiger partial charge on any atom is 0.234 e. The Balaban J connectivity index is 1.28. The average Bonchev–Trinajstić information content (AvgIpc) is 3.32. The summed E-state index contributed by atoms with van der Waals surface area (Å²) in [6.45, 7) is 8.61. The second kappa shape index (κ2) is 9.78. The highest BCUT2D eigenvalue weighted by Crippen LogP contribution is 2.20. The number of carbonyl (C=O) groups is 1. The largest absolute Gasteiger partial charge is 0.494 e. The van der Waals surface area contributed by atoms with Gasteiger partial charge in [-0.1, -0.05) is 0 Å². The van der Waals surface area contributed by atoms with E-state index in [1.807, 2.05) is 31.2 Å². The number of carbonyl (C=O) groups excluding carboxylic acids is 1. The monoisotopic (exact) mass is 361 g/mol. The Labute approximate surface area is 156 Å². The fourth-order valence-electron chi connectivity index (χ4n) is 3.78. The van der Waals surface area contributed by atoms with Gasteiger partial charge in [0.05, 0.1) is 19.7 Å². The van der Waals surface area contributed by atoms with Crippen LogP contribution in [0.5, 0.6) is 11.5 Å². The molecule has 1 aromatic rings. The minimum atomic E-state index is 0.0855. The Morgan fingerprint density at radius 3 is 2.50 bits per heavy atom. The van der Waals surface area contributed by atoms with Crippen LogP contribution in [0.25, 0.3) is 0 Å². The summed E-state index contributed by atoms with van der Waals surface area (Å²) in [7, 11) is 0. The minimum Gasteiger partial charge on any atom is -0.494 e. The number of benzene rings is 1. The molecule has 6 nitrogen and oxygen atoms in total. The van der Waals surface area contributed by atoms with Gasteiger partial charge in [0.15, 0.2) is 0 Å². The number of nitrogens with one attached hydrogen (secondary N) is 1. The molecular formula is C20H31N3O3. The van der Waals surface area contributed by atoms with E-state index in [2.05, 4.69) is 15.1 Å². The number of likely N-dealkylation sites (tertiary alicyclic amines) is 2. The van der Waals surface area contributed by atoms with Crippen molar-refractivity contribution in [2.75, 3.05) is 52.5 Å². The molecule has 1 N–H and O–H groups in total. The van der Waals surface area contributed by atoms with Crippen molar-refractivity contribution in [2.24, 2.45) is 0 Å². The van der Waals surface area contributed by atoms with Crippen molar-refractivity contribution in [3.8, 4) is 11.5 Å². The molecule has 1 unspecified atom stereocenters. The molecule has 26 heavy (non-hydrogen) atoms. The molecule has 1 amide bonds. The highest BCUT2D eigenvalue weighted by atomic mass is 16.5. The van der Waals surface area contributed by atoms with Crippen LogP contribution in [-0.4, -0.2) is 74.2 Å². The van der Waals surface area contributed by atoms with Gasteiger partial charge >= 0.3 is 0 Å². The van der Waals surface area contributed by atoms with Crippen molar-refractivity contribution in [1.82, 2.24) is 15.1 Å². The van der Waals surface area contributed by atoms with Gasteiger partial charge < -0.3 is 14.8 Å². The number of rotatable bonds is 9. The molecule has 0 aliphatic carbocycles. The van der Waals surface area contributed by atoms with E-state index in [9.17, 15) is 4.79 Å². The molecule has 2 fully saturated rings. The lowest BCUT2D eigenvalue weighted by molar-refractivity contribution is -0.122. The number of amides is 1. The zero-order valence-electron chi connectivity index (χ0n) is 15.8. The molecule has 0 saturated carbocycles. The van der Waals surface area contributed by atoms with Crippen molar-refractivity contribution in [1.29, 1.82) is 0 Å². The number of hydrogen-bond acceptors (Lipinski definition) is 5.